The Bertz CT molecular complexity index is 258. The molecule has 1 aliphatic rings. The summed E-state index contributed by atoms with van der Waals surface area (Å²) in [6, 6.07) is 0.0285. The molecule has 0 bridgehead atoms. The maximum Gasteiger partial charge on any atom is 0.315 e. The smallest absolute Gasteiger partial charge is 0.315 e. The topological polar surface area (TPSA) is 67.2 Å². The van der Waals surface area contributed by atoms with Crippen LogP contribution in [0.3, 0.4) is 0 Å². The first kappa shape index (κ1) is 13.2. The van der Waals surface area contributed by atoms with Gasteiger partial charge in [-0.1, -0.05) is 32.0 Å². The largest absolute Gasteiger partial charge is 0.393 e. The molecule has 4 N–H and O–H groups in total. The summed E-state index contributed by atoms with van der Waals surface area (Å²) in [6.45, 7) is 2.83. The van der Waals surface area contributed by atoms with Gasteiger partial charge in [-0.15, -0.1) is 0 Å². The summed E-state index contributed by atoms with van der Waals surface area (Å²) in [5.41, 5.74) is 5.65. The molecule has 0 saturated heterocycles. The van der Waals surface area contributed by atoms with Crippen LogP contribution in [-0.2, 0) is 0 Å². The number of unbranched alkanes of at least 4 members (excludes halogenated alkanes) is 1. The fraction of sp³-hybridized carbons (Fsp3) is 0.818. The fourth-order valence-electron chi connectivity index (χ4n) is 2.07. The number of urea groups is 1. The van der Waals surface area contributed by atoms with Crippen LogP contribution >= 0.6 is 12.2 Å². The molecule has 1 fully saturated rings. The van der Waals surface area contributed by atoms with Crippen molar-refractivity contribution in [3.8, 4) is 0 Å². The Morgan fingerprint density at radius 2 is 2.25 bits per heavy atom. The van der Waals surface area contributed by atoms with Crippen molar-refractivity contribution in [3.63, 3.8) is 0 Å². The number of carbonyl (C=O) groups is 1. The highest BCUT2D eigenvalue weighted by molar-refractivity contribution is 7.80. The van der Waals surface area contributed by atoms with Crippen molar-refractivity contribution < 1.29 is 4.79 Å². The highest BCUT2D eigenvalue weighted by Gasteiger charge is 2.30. The number of carbonyl (C=O) groups excluding carboxylic acids is 1. The van der Waals surface area contributed by atoms with Gasteiger partial charge in [0.25, 0.3) is 0 Å². The first-order valence-electron chi connectivity index (χ1n) is 5.98. The van der Waals surface area contributed by atoms with E-state index in [0.29, 0.717) is 4.99 Å². The van der Waals surface area contributed by atoms with E-state index in [1.807, 2.05) is 0 Å². The Hall–Kier alpha value is -0.840. The molecule has 2 unspecified atom stereocenters. The first-order chi connectivity index (χ1) is 7.65. The molecule has 0 radical (unpaired) electrons. The van der Waals surface area contributed by atoms with Crippen LogP contribution in [0.25, 0.3) is 0 Å². The summed E-state index contributed by atoms with van der Waals surface area (Å²) in [7, 11) is 0. The van der Waals surface area contributed by atoms with Gasteiger partial charge < -0.3 is 16.4 Å². The molecule has 0 aliphatic heterocycles. The number of nitrogens with one attached hydrogen (secondary N) is 2. The molecule has 2 amide bonds. The minimum absolute atomic E-state index is 0.0957. The Morgan fingerprint density at radius 3 is 2.88 bits per heavy atom. The van der Waals surface area contributed by atoms with Crippen molar-refractivity contribution in [3.05, 3.63) is 0 Å². The first-order valence-corrected chi connectivity index (χ1v) is 6.39. The molecule has 1 aliphatic carbocycles. The molecule has 0 aromatic heterocycles. The van der Waals surface area contributed by atoms with E-state index < -0.39 is 0 Å². The third-order valence-electron chi connectivity index (χ3n) is 3.01. The molecule has 0 spiro atoms. The van der Waals surface area contributed by atoms with Gasteiger partial charge in [0.05, 0.1) is 4.99 Å². The Morgan fingerprint density at radius 1 is 1.50 bits per heavy atom. The summed E-state index contributed by atoms with van der Waals surface area (Å²) in [4.78, 5) is 12.1. The molecular formula is C11H21N3OS. The van der Waals surface area contributed by atoms with Crippen LogP contribution in [0.4, 0.5) is 4.79 Å². The maximum atomic E-state index is 11.5. The van der Waals surface area contributed by atoms with E-state index in [-0.39, 0.29) is 18.0 Å². The highest BCUT2D eigenvalue weighted by Crippen LogP contribution is 2.25. The number of thiocarbonyl (C=S) groups is 1. The molecule has 92 valence electrons. The van der Waals surface area contributed by atoms with Gasteiger partial charge in [-0.25, -0.2) is 4.79 Å². The molecule has 4 nitrogen and oxygen atoms in total. The number of hydrogen-bond donors (Lipinski definition) is 3. The monoisotopic (exact) mass is 243 g/mol. The van der Waals surface area contributed by atoms with Gasteiger partial charge in [0.1, 0.15) is 0 Å². The third-order valence-corrected chi connectivity index (χ3v) is 3.32. The average molecular weight is 243 g/mol. The van der Waals surface area contributed by atoms with Gasteiger partial charge >= 0.3 is 6.03 Å². The lowest BCUT2D eigenvalue weighted by molar-refractivity contribution is 0.235. The second-order valence-electron chi connectivity index (χ2n) is 4.30. The standard InChI is InChI=1S/C11H21N3OS/c1-2-3-7-13-11(15)14-9-6-4-5-8(9)10(12)16/h8-9H,2-7H2,1H3,(H2,12,16)(H2,13,14,15). The zero-order valence-electron chi connectivity index (χ0n) is 9.79. The fourth-order valence-corrected chi connectivity index (χ4v) is 2.35. The van der Waals surface area contributed by atoms with Crippen LogP contribution in [0.5, 0.6) is 0 Å². The van der Waals surface area contributed by atoms with Crippen molar-refractivity contribution >= 4 is 23.2 Å². The number of hydrogen-bond acceptors (Lipinski definition) is 2. The predicted octanol–water partition coefficient (Wildman–Crippen LogP) is 1.54. The lowest BCUT2D eigenvalue weighted by Crippen LogP contribution is -2.46. The van der Waals surface area contributed by atoms with E-state index in [4.69, 9.17) is 18.0 Å². The summed E-state index contributed by atoms with van der Waals surface area (Å²) in [6.07, 6.45) is 5.15. The van der Waals surface area contributed by atoms with Crippen LogP contribution in [0.15, 0.2) is 0 Å². The zero-order valence-corrected chi connectivity index (χ0v) is 10.6. The van der Waals surface area contributed by atoms with Crippen LogP contribution < -0.4 is 16.4 Å². The summed E-state index contributed by atoms with van der Waals surface area (Å²) < 4.78 is 0. The summed E-state index contributed by atoms with van der Waals surface area (Å²) in [5, 5.41) is 5.79. The predicted molar refractivity (Wildman–Crippen MR) is 69.4 cm³/mol. The van der Waals surface area contributed by atoms with Crippen molar-refractivity contribution in [1.29, 1.82) is 0 Å². The van der Waals surface area contributed by atoms with E-state index in [9.17, 15) is 4.79 Å². The zero-order chi connectivity index (χ0) is 12.0. The van der Waals surface area contributed by atoms with Gasteiger partial charge in [-0.2, -0.15) is 0 Å². The second-order valence-corrected chi connectivity index (χ2v) is 4.77. The molecule has 2 atom stereocenters. The number of rotatable bonds is 5. The van der Waals surface area contributed by atoms with Gasteiger partial charge in [0.15, 0.2) is 0 Å². The van der Waals surface area contributed by atoms with Gasteiger partial charge in [0.2, 0.25) is 0 Å². The summed E-state index contributed by atoms with van der Waals surface area (Å²) in [5.74, 6) is 0.173. The normalized spacial score (nSPS) is 24.1. The lowest BCUT2D eigenvalue weighted by atomic mass is 10.0. The molecule has 0 aromatic rings. The van der Waals surface area contributed by atoms with Gasteiger partial charge in [-0.3, -0.25) is 0 Å². The van der Waals surface area contributed by atoms with Crippen LogP contribution in [-0.4, -0.2) is 23.6 Å². The van der Waals surface area contributed by atoms with Gasteiger partial charge in [-0.05, 0) is 19.3 Å². The minimum atomic E-state index is -0.0957. The molecule has 5 heteroatoms. The molecule has 0 heterocycles. The SMILES string of the molecule is CCCCNC(=O)NC1CCCC1C(N)=S. The number of amides is 2. The minimum Gasteiger partial charge on any atom is -0.393 e. The second kappa shape index (κ2) is 6.68. The van der Waals surface area contributed by atoms with Crippen molar-refractivity contribution in [2.75, 3.05) is 6.54 Å². The number of nitrogens with two attached hydrogens (primary N) is 1. The molecule has 16 heavy (non-hydrogen) atoms. The Kier molecular flexibility index (Phi) is 5.52. The van der Waals surface area contributed by atoms with Crippen LogP contribution in [0, 0.1) is 5.92 Å². The average Bonchev–Trinajstić information content (AvgIpc) is 2.66. The lowest BCUT2D eigenvalue weighted by Gasteiger charge is -2.20. The summed E-state index contributed by atoms with van der Waals surface area (Å²) >= 11 is 5.00. The van der Waals surface area contributed by atoms with E-state index in [0.717, 1.165) is 38.6 Å². The van der Waals surface area contributed by atoms with E-state index >= 15 is 0 Å². The van der Waals surface area contributed by atoms with E-state index in [2.05, 4.69) is 17.6 Å². The third kappa shape index (κ3) is 3.96. The van der Waals surface area contributed by atoms with Crippen LogP contribution in [0.1, 0.15) is 39.0 Å². The molecular weight excluding hydrogens is 222 g/mol. The van der Waals surface area contributed by atoms with E-state index in [1.54, 1.807) is 0 Å². The Labute approximate surface area is 102 Å². The van der Waals surface area contributed by atoms with E-state index in [1.165, 1.54) is 0 Å². The molecule has 0 aromatic carbocycles. The Balaban J connectivity index is 2.30. The quantitative estimate of drug-likeness (QED) is 0.507. The van der Waals surface area contributed by atoms with Crippen molar-refractivity contribution in [2.45, 2.75) is 45.1 Å². The molecule has 1 rings (SSSR count). The van der Waals surface area contributed by atoms with Gasteiger partial charge in [0, 0.05) is 18.5 Å². The maximum absolute atomic E-state index is 11.5. The molecule has 1 saturated carbocycles. The highest BCUT2D eigenvalue weighted by atomic mass is 32.1. The van der Waals surface area contributed by atoms with Crippen LogP contribution in [0.2, 0.25) is 0 Å². The van der Waals surface area contributed by atoms with Crippen molar-refractivity contribution in [1.82, 2.24) is 10.6 Å². The van der Waals surface area contributed by atoms with Crippen molar-refractivity contribution in [2.24, 2.45) is 11.7 Å².